The van der Waals surface area contributed by atoms with Gasteiger partial charge in [-0.25, -0.2) is 0 Å². The molecule has 7 nitrogen and oxygen atoms in total. The van der Waals surface area contributed by atoms with Gasteiger partial charge < -0.3 is 15.0 Å². The minimum atomic E-state index is -0.171. The first kappa shape index (κ1) is 19.7. The van der Waals surface area contributed by atoms with Gasteiger partial charge in [-0.15, -0.1) is 10.2 Å². The number of hydrogen-bond donors (Lipinski definition) is 1. The lowest BCUT2D eigenvalue weighted by atomic mass is 9.53. The number of anilines is 1. The van der Waals surface area contributed by atoms with Gasteiger partial charge in [0.05, 0.1) is 18.5 Å². The Bertz CT molecular complexity index is 725. The highest BCUT2D eigenvalue weighted by molar-refractivity contribution is 8.00. The summed E-state index contributed by atoms with van der Waals surface area (Å²) in [5.74, 6) is 3.57. The number of thioether (sulfide) groups is 1. The van der Waals surface area contributed by atoms with Crippen LogP contribution >= 0.6 is 11.8 Å². The Labute approximate surface area is 177 Å². The zero-order chi connectivity index (χ0) is 20.0. The summed E-state index contributed by atoms with van der Waals surface area (Å²) in [4.78, 5) is 15.4. The molecule has 160 valence electrons. The molecule has 1 atom stereocenters. The van der Waals surface area contributed by atoms with E-state index in [1.54, 1.807) is 0 Å². The van der Waals surface area contributed by atoms with Crippen LogP contribution in [0.15, 0.2) is 5.16 Å². The maximum atomic E-state index is 13.1. The zero-order valence-electron chi connectivity index (χ0n) is 17.6. The normalized spacial score (nSPS) is 34.4. The number of nitrogens with one attached hydrogen (secondary N) is 1. The van der Waals surface area contributed by atoms with Crippen molar-refractivity contribution in [3.8, 4) is 0 Å². The number of rotatable bonds is 6. The number of amides is 1. The number of morpholine rings is 1. The van der Waals surface area contributed by atoms with E-state index >= 15 is 0 Å². The van der Waals surface area contributed by atoms with Gasteiger partial charge in [-0.2, -0.15) is 0 Å². The number of ether oxygens (including phenoxy) is 1. The van der Waals surface area contributed by atoms with Crippen molar-refractivity contribution in [3.63, 3.8) is 0 Å². The molecule has 1 N–H and O–H groups in total. The summed E-state index contributed by atoms with van der Waals surface area (Å²) < 4.78 is 7.58. The van der Waals surface area contributed by atoms with Gasteiger partial charge in [-0.1, -0.05) is 11.8 Å². The van der Waals surface area contributed by atoms with Crippen LogP contribution in [0.25, 0.3) is 0 Å². The smallest absolute Gasteiger partial charge is 0.233 e. The quantitative estimate of drug-likeness (QED) is 0.715. The third kappa shape index (κ3) is 3.78. The second-order valence-electron chi connectivity index (χ2n) is 9.57. The first-order chi connectivity index (χ1) is 14.0. The summed E-state index contributed by atoms with van der Waals surface area (Å²) in [5.41, 5.74) is 0.0675. The number of hydrogen-bond acceptors (Lipinski definition) is 6. The third-order valence-corrected chi connectivity index (χ3v) is 8.47. The molecule has 0 spiro atoms. The lowest BCUT2D eigenvalue weighted by molar-refractivity contribution is -0.126. The average molecular weight is 420 g/mol. The van der Waals surface area contributed by atoms with Crippen molar-refractivity contribution >= 4 is 23.6 Å². The summed E-state index contributed by atoms with van der Waals surface area (Å²) in [7, 11) is 0. The van der Waals surface area contributed by atoms with Crippen molar-refractivity contribution in [1.29, 1.82) is 0 Å². The van der Waals surface area contributed by atoms with E-state index in [1.807, 2.05) is 6.92 Å². The lowest BCUT2D eigenvalue weighted by Gasteiger charge is -2.57. The van der Waals surface area contributed by atoms with Gasteiger partial charge in [0, 0.05) is 25.2 Å². The Morgan fingerprint density at radius 1 is 1.17 bits per heavy atom. The molecule has 1 aromatic heterocycles. The Kier molecular flexibility index (Phi) is 5.26. The highest BCUT2D eigenvalue weighted by Crippen LogP contribution is 2.55. The van der Waals surface area contributed by atoms with E-state index in [-0.39, 0.29) is 16.7 Å². The molecule has 5 aliphatic rings. The molecule has 0 aromatic carbocycles. The van der Waals surface area contributed by atoms with E-state index in [0.717, 1.165) is 61.7 Å². The molecule has 4 aliphatic carbocycles. The second kappa shape index (κ2) is 7.76. The van der Waals surface area contributed by atoms with Gasteiger partial charge in [0.15, 0.2) is 5.16 Å². The Hall–Kier alpha value is -1.28. The van der Waals surface area contributed by atoms with Gasteiger partial charge in [-0.05, 0) is 70.1 Å². The van der Waals surface area contributed by atoms with Crippen LogP contribution in [-0.4, -0.2) is 57.8 Å². The standard InChI is InChI=1S/C21H33N5O2S/c1-3-26-19(25-4-6-28-7-5-25)23-24-20(26)29-14(2)18(27)22-21-11-15-8-16(12-21)10-17(9-15)13-21/h14-17H,3-13H2,1-2H3,(H,22,27)/t14-,15?,16?,17?,21?/m0/s1. The molecule has 4 bridgehead atoms. The van der Waals surface area contributed by atoms with Gasteiger partial charge in [0.2, 0.25) is 11.9 Å². The number of carbonyl (C=O) groups excluding carboxylic acids is 1. The fraction of sp³-hybridized carbons (Fsp3) is 0.857. The molecule has 5 fully saturated rings. The molecule has 8 heteroatoms. The predicted molar refractivity (Wildman–Crippen MR) is 113 cm³/mol. The first-order valence-electron chi connectivity index (χ1n) is 11.3. The van der Waals surface area contributed by atoms with E-state index < -0.39 is 0 Å². The molecule has 1 amide bonds. The Morgan fingerprint density at radius 2 is 1.79 bits per heavy atom. The summed E-state index contributed by atoms with van der Waals surface area (Å²) in [6, 6.07) is 0. The fourth-order valence-corrected chi connectivity index (χ4v) is 7.39. The predicted octanol–water partition coefficient (Wildman–Crippen LogP) is 2.70. The van der Waals surface area contributed by atoms with Crippen LogP contribution in [0.5, 0.6) is 0 Å². The maximum Gasteiger partial charge on any atom is 0.233 e. The van der Waals surface area contributed by atoms with Crippen molar-refractivity contribution in [2.45, 2.75) is 74.9 Å². The SMILES string of the molecule is CCn1c(S[C@@H](C)C(=O)NC23CC4CC(CC(C4)C2)C3)nnc1N1CCOCC1. The number of nitrogens with zero attached hydrogens (tertiary/aromatic N) is 4. The number of carbonyl (C=O) groups is 1. The minimum absolute atomic E-state index is 0.0675. The maximum absolute atomic E-state index is 13.1. The van der Waals surface area contributed by atoms with Crippen molar-refractivity contribution in [2.75, 3.05) is 31.2 Å². The lowest BCUT2D eigenvalue weighted by Crippen LogP contribution is -2.60. The molecule has 1 aromatic rings. The van der Waals surface area contributed by atoms with Crippen LogP contribution in [0, 0.1) is 17.8 Å². The summed E-state index contributed by atoms with van der Waals surface area (Å²) in [5, 5.41) is 13.0. The third-order valence-electron chi connectivity index (χ3n) is 7.39. The van der Waals surface area contributed by atoms with Crippen molar-refractivity contribution in [3.05, 3.63) is 0 Å². The summed E-state index contributed by atoms with van der Waals surface area (Å²) >= 11 is 1.54. The summed E-state index contributed by atoms with van der Waals surface area (Å²) in [6.07, 6.45) is 7.74. The van der Waals surface area contributed by atoms with Crippen molar-refractivity contribution < 1.29 is 9.53 Å². The van der Waals surface area contributed by atoms with E-state index in [0.29, 0.717) is 0 Å². The molecule has 6 rings (SSSR count). The van der Waals surface area contributed by atoms with Crippen molar-refractivity contribution in [2.24, 2.45) is 17.8 Å². The number of aromatic nitrogens is 3. The fourth-order valence-electron chi connectivity index (χ4n) is 6.48. The first-order valence-corrected chi connectivity index (χ1v) is 12.2. The van der Waals surface area contributed by atoms with Crippen molar-refractivity contribution in [1.82, 2.24) is 20.1 Å². The molecule has 29 heavy (non-hydrogen) atoms. The molecule has 2 heterocycles. The Morgan fingerprint density at radius 3 is 2.38 bits per heavy atom. The summed E-state index contributed by atoms with van der Waals surface area (Å²) in [6.45, 7) is 8.04. The van der Waals surface area contributed by atoms with Crippen LogP contribution in [0.1, 0.15) is 52.4 Å². The molecular formula is C21H33N5O2S. The second-order valence-corrected chi connectivity index (χ2v) is 10.9. The molecule has 1 aliphatic heterocycles. The van der Waals surface area contributed by atoms with Crippen LogP contribution < -0.4 is 10.2 Å². The molecule has 0 radical (unpaired) electrons. The average Bonchev–Trinajstić information content (AvgIpc) is 3.09. The van der Waals surface area contributed by atoms with Crippen LogP contribution in [-0.2, 0) is 16.1 Å². The Balaban J connectivity index is 1.25. The van der Waals surface area contributed by atoms with Gasteiger partial charge in [-0.3, -0.25) is 9.36 Å². The molecule has 0 unspecified atom stereocenters. The van der Waals surface area contributed by atoms with Gasteiger partial charge in [0.1, 0.15) is 0 Å². The van der Waals surface area contributed by atoms with Crippen LogP contribution in [0.2, 0.25) is 0 Å². The topological polar surface area (TPSA) is 72.3 Å². The van der Waals surface area contributed by atoms with E-state index in [1.165, 1.54) is 50.3 Å². The zero-order valence-corrected chi connectivity index (χ0v) is 18.4. The minimum Gasteiger partial charge on any atom is -0.378 e. The molecule has 4 saturated carbocycles. The largest absolute Gasteiger partial charge is 0.378 e. The highest BCUT2D eigenvalue weighted by atomic mass is 32.2. The van der Waals surface area contributed by atoms with Gasteiger partial charge >= 0.3 is 0 Å². The van der Waals surface area contributed by atoms with Gasteiger partial charge in [0.25, 0.3) is 0 Å². The monoisotopic (exact) mass is 419 g/mol. The molecule has 1 saturated heterocycles. The van der Waals surface area contributed by atoms with Crippen LogP contribution in [0.3, 0.4) is 0 Å². The molecular weight excluding hydrogens is 386 g/mol. The van der Waals surface area contributed by atoms with Crippen LogP contribution in [0.4, 0.5) is 5.95 Å². The van der Waals surface area contributed by atoms with E-state index in [2.05, 4.69) is 31.9 Å². The van der Waals surface area contributed by atoms with E-state index in [4.69, 9.17) is 4.74 Å². The van der Waals surface area contributed by atoms with E-state index in [9.17, 15) is 4.79 Å². The highest BCUT2D eigenvalue weighted by Gasteiger charge is 2.51.